The third-order valence-corrected chi connectivity index (χ3v) is 5.51. The summed E-state index contributed by atoms with van der Waals surface area (Å²) in [4.78, 5) is 17.2. The molecule has 36 heavy (non-hydrogen) atoms. The second kappa shape index (κ2) is 9.95. The van der Waals surface area contributed by atoms with Crippen LogP contribution in [-0.2, 0) is 0 Å². The van der Waals surface area contributed by atoms with Crippen molar-refractivity contribution in [1.82, 2.24) is 4.98 Å². The number of nitriles is 1. The molecule has 5 rings (SSSR count). The van der Waals surface area contributed by atoms with Crippen LogP contribution < -0.4 is 16.0 Å². The van der Waals surface area contributed by atoms with Gasteiger partial charge in [-0.05, 0) is 78.9 Å². The molecule has 0 radical (unpaired) electrons. The quantitative estimate of drug-likeness (QED) is 0.247. The van der Waals surface area contributed by atoms with E-state index in [0.29, 0.717) is 39.1 Å². The molecule has 0 fully saturated rings. The minimum absolute atomic E-state index is 0.270. The number of nitrogens with one attached hydrogen (secondary N) is 3. The summed E-state index contributed by atoms with van der Waals surface area (Å²) in [5, 5.41) is 19.2. The highest BCUT2D eigenvalue weighted by Crippen LogP contribution is 2.27. The van der Waals surface area contributed by atoms with Gasteiger partial charge in [-0.3, -0.25) is 9.78 Å². The molecule has 1 amide bonds. The van der Waals surface area contributed by atoms with Crippen molar-refractivity contribution < 1.29 is 9.18 Å². The van der Waals surface area contributed by atoms with E-state index in [9.17, 15) is 9.18 Å². The van der Waals surface area contributed by atoms with Crippen molar-refractivity contribution in [3.63, 3.8) is 0 Å². The van der Waals surface area contributed by atoms with Crippen LogP contribution in [0.5, 0.6) is 0 Å². The summed E-state index contributed by atoms with van der Waals surface area (Å²) >= 11 is 0. The van der Waals surface area contributed by atoms with Crippen molar-refractivity contribution in [2.75, 3.05) is 16.0 Å². The number of fused-ring (bicyclic) bond motifs is 1. The van der Waals surface area contributed by atoms with Crippen molar-refractivity contribution in [2.45, 2.75) is 0 Å². The number of nitrogens with zero attached hydrogens (tertiary/aromatic N) is 2. The van der Waals surface area contributed by atoms with E-state index >= 15 is 0 Å². The highest BCUT2D eigenvalue weighted by Gasteiger charge is 2.09. The van der Waals surface area contributed by atoms with Gasteiger partial charge in [-0.15, -0.1) is 0 Å². The number of aromatic nitrogens is 1. The summed E-state index contributed by atoms with van der Waals surface area (Å²) in [7, 11) is 0. The number of benzene rings is 4. The molecule has 0 aliphatic carbocycles. The molecule has 174 valence electrons. The first-order valence-electron chi connectivity index (χ1n) is 11.2. The van der Waals surface area contributed by atoms with Gasteiger partial charge >= 0.3 is 0 Å². The maximum atomic E-state index is 13.8. The maximum Gasteiger partial charge on any atom is 0.255 e. The summed E-state index contributed by atoms with van der Waals surface area (Å²) in [6.45, 7) is 0. The van der Waals surface area contributed by atoms with Crippen molar-refractivity contribution in [1.29, 1.82) is 5.26 Å². The van der Waals surface area contributed by atoms with E-state index in [1.165, 1.54) is 12.1 Å². The Morgan fingerprint density at radius 1 is 0.778 bits per heavy atom. The molecule has 0 aliphatic rings. The number of hydrogen-bond donors (Lipinski definition) is 3. The fourth-order valence-corrected chi connectivity index (χ4v) is 3.83. The van der Waals surface area contributed by atoms with Crippen molar-refractivity contribution in [3.8, 4) is 6.07 Å². The van der Waals surface area contributed by atoms with Crippen LogP contribution in [0.4, 0.5) is 32.8 Å². The molecule has 5 aromatic rings. The van der Waals surface area contributed by atoms with Gasteiger partial charge < -0.3 is 16.0 Å². The zero-order valence-corrected chi connectivity index (χ0v) is 19.0. The van der Waals surface area contributed by atoms with E-state index in [-0.39, 0.29) is 11.7 Å². The first-order valence-corrected chi connectivity index (χ1v) is 11.2. The Morgan fingerprint density at radius 2 is 1.50 bits per heavy atom. The first kappa shape index (κ1) is 22.6. The maximum absolute atomic E-state index is 13.8. The Morgan fingerprint density at radius 3 is 2.33 bits per heavy atom. The zero-order chi connectivity index (χ0) is 24.9. The number of hydrogen-bond acceptors (Lipinski definition) is 5. The number of pyridine rings is 1. The van der Waals surface area contributed by atoms with Gasteiger partial charge in [0.15, 0.2) is 0 Å². The lowest BCUT2D eigenvalue weighted by molar-refractivity contribution is 0.102. The van der Waals surface area contributed by atoms with Gasteiger partial charge in [0.05, 0.1) is 17.1 Å². The Balaban J connectivity index is 1.32. The summed E-state index contributed by atoms with van der Waals surface area (Å²) in [5.74, 6) is -0.617. The molecule has 0 saturated carbocycles. The van der Waals surface area contributed by atoms with E-state index in [0.717, 1.165) is 11.4 Å². The molecule has 0 aliphatic heterocycles. The molecule has 6 nitrogen and oxygen atoms in total. The van der Waals surface area contributed by atoms with Crippen molar-refractivity contribution in [3.05, 3.63) is 120 Å². The topological polar surface area (TPSA) is 89.8 Å². The molecule has 0 unspecified atom stereocenters. The van der Waals surface area contributed by atoms with Gasteiger partial charge in [-0.1, -0.05) is 18.2 Å². The lowest BCUT2D eigenvalue weighted by Gasteiger charge is -2.12. The van der Waals surface area contributed by atoms with Crippen LogP contribution >= 0.6 is 0 Å². The second-order valence-electron chi connectivity index (χ2n) is 8.08. The highest BCUT2D eigenvalue weighted by atomic mass is 19.1. The predicted molar refractivity (Wildman–Crippen MR) is 140 cm³/mol. The van der Waals surface area contributed by atoms with Crippen LogP contribution in [0.25, 0.3) is 10.9 Å². The average Bonchev–Trinajstić information content (AvgIpc) is 2.89. The van der Waals surface area contributed by atoms with Crippen LogP contribution in [0.1, 0.15) is 15.9 Å². The fraction of sp³-hybridized carbons (Fsp3) is 0. The number of carbonyl (C=O) groups is 1. The number of amides is 1. The van der Waals surface area contributed by atoms with Crippen molar-refractivity contribution in [2.24, 2.45) is 0 Å². The van der Waals surface area contributed by atoms with Gasteiger partial charge in [0.2, 0.25) is 0 Å². The summed E-state index contributed by atoms with van der Waals surface area (Å²) < 4.78 is 13.8. The van der Waals surface area contributed by atoms with Gasteiger partial charge in [0.25, 0.3) is 5.91 Å². The largest absolute Gasteiger partial charge is 0.355 e. The Kier molecular flexibility index (Phi) is 6.24. The molecule has 7 heteroatoms. The second-order valence-corrected chi connectivity index (χ2v) is 8.08. The monoisotopic (exact) mass is 473 g/mol. The zero-order valence-electron chi connectivity index (χ0n) is 19.0. The Labute approximate surface area is 207 Å². The van der Waals surface area contributed by atoms with E-state index in [4.69, 9.17) is 5.26 Å². The molecule has 4 aromatic carbocycles. The van der Waals surface area contributed by atoms with Gasteiger partial charge in [-0.25, -0.2) is 4.39 Å². The Hall–Kier alpha value is -5.22. The van der Waals surface area contributed by atoms with E-state index in [2.05, 4.69) is 27.0 Å². The number of anilines is 5. The molecule has 3 N–H and O–H groups in total. The molecule has 0 bridgehead atoms. The van der Waals surface area contributed by atoms with Gasteiger partial charge in [0, 0.05) is 45.6 Å². The minimum Gasteiger partial charge on any atom is -0.355 e. The molecular weight excluding hydrogens is 453 g/mol. The van der Waals surface area contributed by atoms with Crippen LogP contribution in [0.3, 0.4) is 0 Å². The predicted octanol–water partition coefficient (Wildman–Crippen LogP) is 6.99. The lowest BCUT2D eigenvalue weighted by Crippen LogP contribution is -2.12. The minimum atomic E-state index is -0.346. The molecule has 1 heterocycles. The molecule has 0 saturated heterocycles. The molecule has 1 aromatic heterocycles. The summed E-state index contributed by atoms with van der Waals surface area (Å²) in [6.07, 6.45) is 1.65. The molecule has 0 spiro atoms. The molecular formula is C29H20FN5O. The van der Waals surface area contributed by atoms with Crippen LogP contribution in [0, 0.1) is 17.1 Å². The highest BCUT2D eigenvalue weighted by molar-refractivity contribution is 6.05. The summed E-state index contributed by atoms with van der Waals surface area (Å²) in [6, 6.07) is 29.9. The SMILES string of the molecule is N#Cc1cccc(Nc2cccc(NC(=O)c3cccc(Nc4ccnc5ccc(F)cc45)c3)c2)c1. The van der Waals surface area contributed by atoms with Crippen molar-refractivity contribution >= 4 is 45.2 Å². The van der Waals surface area contributed by atoms with Crippen LogP contribution in [0.2, 0.25) is 0 Å². The standard InChI is InChI=1S/C29H20FN5O/c30-21-10-11-27-26(16-21)28(12-13-32-27)34-23-7-2-5-20(15-23)29(36)35-25-9-3-8-24(17-25)33-22-6-1-4-19(14-22)18-31/h1-17,33H,(H,32,34)(H,35,36). The average molecular weight is 474 g/mol. The van der Waals surface area contributed by atoms with Crippen LogP contribution in [-0.4, -0.2) is 10.9 Å². The Bertz CT molecular complexity index is 1630. The normalized spacial score (nSPS) is 10.4. The third-order valence-electron chi connectivity index (χ3n) is 5.51. The fourth-order valence-electron chi connectivity index (χ4n) is 3.83. The third kappa shape index (κ3) is 5.13. The number of rotatable bonds is 6. The summed E-state index contributed by atoms with van der Waals surface area (Å²) in [5.41, 5.74) is 5.24. The van der Waals surface area contributed by atoms with Crippen LogP contribution in [0.15, 0.2) is 103 Å². The lowest BCUT2D eigenvalue weighted by atomic mass is 10.1. The smallest absolute Gasteiger partial charge is 0.255 e. The van der Waals surface area contributed by atoms with Gasteiger partial charge in [-0.2, -0.15) is 5.26 Å². The van der Waals surface area contributed by atoms with E-state index in [1.54, 1.807) is 60.8 Å². The number of halogens is 1. The van der Waals surface area contributed by atoms with Gasteiger partial charge in [0.1, 0.15) is 5.82 Å². The molecule has 0 atom stereocenters. The first-order chi connectivity index (χ1) is 17.6. The van der Waals surface area contributed by atoms with E-state index in [1.807, 2.05) is 30.3 Å². The van der Waals surface area contributed by atoms with E-state index < -0.39 is 0 Å². The number of carbonyl (C=O) groups excluding carboxylic acids is 1.